The monoisotopic (exact) mass is 366 g/mol. The Kier molecular flexibility index (Phi) is 4.71. The molecule has 0 spiro atoms. The van der Waals surface area contributed by atoms with Crippen molar-refractivity contribution in [2.75, 3.05) is 7.05 Å². The zero-order chi connectivity index (χ0) is 19.7. The molecule has 0 heterocycles. The predicted molar refractivity (Wildman–Crippen MR) is 111 cm³/mol. The van der Waals surface area contributed by atoms with Gasteiger partial charge in [-0.3, -0.25) is 4.79 Å². The second-order valence-corrected chi connectivity index (χ2v) is 7.46. The molecule has 0 fully saturated rings. The fraction of sp³-hybridized carbons (Fsp3) is 0.200. The summed E-state index contributed by atoms with van der Waals surface area (Å²) in [4.78, 5) is 11.7. The van der Waals surface area contributed by atoms with Gasteiger partial charge in [0.25, 0.3) is 5.91 Å². The summed E-state index contributed by atoms with van der Waals surface area (Å²) in [5.41, 5.74) is 7.53. The van der Waals surface area contributed by atoms with Crippen molar-refractivity contribution >= 4 is 5.91 Å². The van der Waals surface area contributed by atoms with E-state index in [0.29, 0.717) is 17.4 Å². The van der Waals surface area contributed by atoms with Crippen molar-refractivity contribution in [3.8, 4) is 17.2 Å². The van der Waals surface area contributed by atoms with E-state index in [0.717, 1.165) is 23.1 Å². The highest BCUT2D eigenvalue weighted by atomic mass is 16.1. The van der Waals surface area contributed by atoms with Crippen LogP contribution in [0.5, 0.6) is 0 Å². The summed E-state index contributed by atoms with van der Waals surface area (Å²) in [5, 5.41) is 11.9. The van der Waals surface area contributed by atoms with Crippen molar-refractivity contribution in [2.45, 2.75) is 19.3 Å². The number of rotatable bonds is 3. The maximum absolute atomic E-state index is 11.7. The topological polar surface area (TPSA) is 52.9 Å². The van der Waals surface area contributed by atoms with Crippen LogP contribution in [-0.2, 0) is 6.42 Å². The van der Waals surface area contributed by atoms with Gasteiger partial charge in [0.1, 0.15) is 0 Å². The highest BCUT2D eigenvalue weighted by Crippen LogP contribution is 2.43. The van der Waals surface area contributed by atoms with E-state index in [1.165, 1.54) is 16.7 Å². The van der Waals surface area contributed by atoms with Gasteiger partial charge >= 0.3 is 0 Å². The number of nitrogens with one attached hydrogen (secondary N) is 1. The summed E-state index contributed by atoms with van der Waals surface area (Å²) in [6.07, 6.45) is 1.05. The fourth-order valence-electron chi connectivity index (χ4n) is 4.26. The Hall–Kier alpha value is -3.38. The molecule has 0 unspecified atom stereocenters. The Morgan fingerprint density at radius 1 is 1.00 bits per heavy atom. The summed E-state index contributed by atoms with van der Waals surface area (Å²) < 4.78 is 0. The van der Waals surface area contributed by atoms with Crippen LogP contribution in [0.2, 0.25) is 0 Å². The lowest BCUT2D eigenvalue weighted by Gasteiger charge is -2.18. The second kappa shape index (κ2) is 7.32. The molecule has 0 saturated heterocycles. The van der Waals surface area contributed by atoms with Crippen LogP contribution < -0.4 is 5.32 Å². The number of benzene rings is 3. The minimum absolute atomic E-state index is 0.0764. The first-order valence-electron chi connectivity index (χ1n) is 9.56. The molecule has 0 saturated carbocycles. The van der Waals surface area contributed by atoms with E-state index in [1.807, 2.05) is 30.3 Å². The Labute approximate surface area is 165 Å². The van der Waals surface area contributed by atoms with Crippen LogP contribution >= 0.6 is 0 Å². The van der Waals surface area contributed by atoms with Gasteiger partial charge in [-0.2, -0.15) is 5.26 Å². The van der Waals surface area contributed by atoms with Crippen LogP contribution in [0.3, 0.4) is 0 Å². The van der Waals surface area contributed by atoms with Crippen molar-refractivity contribution in [2.24, 2.45) is 5.92 Å². The molecule has 1 aliphatic rings. The van der Waals surface area contributed by atoms with Gasteiger partial charge in [0, 0.05) is 18.5 Å². The third-order valence-electron chi connectivity index (χ3n) is 5.70. The number of amides is 1. The summed E-state index contributed by atoms with van der Waals surface area (Å²) >= 11 is 0. The van der Waals surface area contributed by atoms with E-state index in [4.69, 9.17) is 0 Å². The average Bonchev–Trinajstić information content (AvgIpc) is 3.08. The van der Waals surface area contributed by atoms with Crippen molar-refractivity contribution in [3.05, 3.63) is 94.5 Å². The van der Waals surface area contributed by atoms with Crippen molar-refractivity contribution < 1.29 is 4.79 Å². The molecule has 1 amide bonds. The molecular weight excluding hydrogens is 344 g/mol. The van der Waals surface area contributed by atoms with Crippen molar-refractivity contribution in [1.82, 2.24) is 5.32 Å². The molecular formula is C25H22N2O. The third-order valence-corrected chi connectivity index (χ3v) is 5.70. The number of carbonyl (C=O) groups is 1. The van der Waals surface area contributed by atoms with Crippen LogP contribution in [0, 0.1) is 17.2 Å². The van der Waals surface area contributed by atoms with Crippen LogP contribution in [0.15, 0.2) is 66.7 Å². The fourth-order valence-corrected chi connectivity index (χ4v) is 4.26. The number of fused-ring (bicyclic) bond motifs is 1. The third kappa shape index (κ3) is 3.18. The standard InChI is InChI=1S/C25H22N2O/c1-16-13-22-4-3-17(15-26)14-23(22)24(16)20-9-5-18(6-10-20)19-7-11-21(12-8-19)25(28)27-2/h3-12,14,16,24H,13H2,1-2H3,(H,27,28)/t16-,24-/m0/s1. The summed E-state index contributed by atoms with van der Waals surface area (Å²) in [7, 11) is 1.64. The van der Waals surface area contributed by atoms with Crippen LogP contribution in [0.1, 0.15) is 45.5 Å². The summed E-state index contributed by atoms with van der Waals surface area (Å²) in [6, 6.07) is 24.7. The summed E-state index contributed by atoms with van der Waals surface area (Å²) in [5.74, 6) is 0.766. The quantitative estimate of drug-likeness (QED) is 0.716. The summed E-state index contributed by atoms with van der Waals surface area (Å²) in [6.45, 7) is 2.28. The van der Waals surface area contributed by atoms with Crippen LogP contribution in [0.25, 0.3) is 11.1 Å². The first kappa shape index (κ1) is 18.0. The molecule has 28 heavy (non-hydrogen) atoms. The first-order valence-corrected chi connectivity index (χ1v) is 9.56. The molecule has 0 aliphatic heterocycles. The SMILES string of the molecule is CNC(=O)c1ccc(-c2ccc([C@H]3c4cc(C#N)ccc4C[C@@H]3C)cc2)cc1. The molecule has 3 aromatic carbocycles. The molecule has 1 N–H and O–H groups in total. The average molecular weight is 366 g/mol. The van der Waals surface area contributed by atoms with Crippen molar-refractivity contribution in [3.63, 3.8) is 0 Å². The Balaban J connectivity index is 1.63. The molecule has 2 atom stereocenters. The minimum atomic E-state index is -0.0764. The molecule has 3 nitrogen and oxygen atoms in total. The van der Waals surface area contributed by atoms with E-state index in [-0.39, 0.29) is 5.91 Å². The smallest absolute Gasteiger partial charge is 0.251 e. The molecule has 0 bridgehead atoms. The van der Waals surface area contributed by atoms with E-state index < -0.39 is 0 Å². The highest BCUT2D eigenvalue weighted by Gasteiger charge is 2.30. The molecule has 0 radical (unpaired) electrons. The number of hydrogen-bond donors (Lipinski definition) is 1. The normalized spacial score (nSPS) is 17.6. The maximum Gasteiger partial charge on any atom is 0.251 e. The van der Waals surface area contributed by atoms with E-state index in [9.17, 15) is 10.1 Å². The lowest BCUT2D eigenvalue weighted by atomic mass is 9.86. The van der Waals surface area contributed by atoms with Crippen molar-refractivity contribution in [1.29, 1.82) is 5.26 Å². The van der Waals surface area contributed by atoms with E-state index >= 15 is 0 Å². The van der Waals surface area contributed by atoms with Gasteiger partial charge in [-0.15, -0.1) is 0 Å². The lowest BCUT2D eigenvalue weighted by Crippen LogP contribution is -2.17. The number of nitrogens with zero attached hydrogens (tertiary/aromatic N) is 1. The van der Waals surface area contributed by atoms with Gasteiger partial charge < -0.3 is 5.32 Å². The van der Waals surface area contributed by atoms with E-state index in [2.05, 4.69) is 54.7 Å². The predicted octanol–water partition coefficient (Wildman–Crippen LogP) is 4.91. The Morgan fingerprint density at radius 3 is 2.25 bits per heavy atom. The molecule has 0 aromatic heterocycles. The van der Waals surface area contributed by atoms with Gasteiger partial charge in [-0.05, 0) is 64.4 Å². The van der Waals surface area contributed by atoms with Gasteiger partial charge in [-0.1, -0.05) is 49.4 Å². The molecule has 4 rings (SSSR count). The number of nitriles is 1. The van der Waals surface area contributed by atoms with Gasteiger partial charge in [-0.25, -0.2) is 0 Å². The second-order valence-electron chi connectivity index (χ2n) is 7.46. The molecule has 3 aromatic rings. The zero-order valence-corrected chi connectivity index (χ0v) is 16.1. The number of carbonyl (C=O) groups excluding carboxylic acids is 1. The first-order chi connectivity index (χ1) is 13.6. The Morgan fingerprint density at radius 2 is 1.64 bits per heavy atom. The largest absolute Gasteiger partial charge is 0.355 e. The van der Waals surface area contributed by atoms with E-state index in [1.54, 1.807) is 7.05 Å². The Bertz CT molecular complexity index is 1060. The van der Waals surface area contributed by atoms with Crippen LogP contribution in [0.4, 0.5) is 0 Å². The molecule has 138 valence electrons. The highest BCUT2D eigenvalue weighted by molar-refractivity contribution is 5.94. The van der Waals surface area contributed by atoms with Gasteiger partial charge in [0.2, 0.25) is 0 Å². The maximum atomic E-state index is 11.7. The lowest BCUT2D eigenvalue weighted by molar-refractivity contribution is 0.0963. The van der Waals surface area contributed by atoms with Gasteiger partial charge in [0.15, 0.2) is 0 Å². The van der Waals surface area contributed by atoms with Gasteiger partial charge in [0.05, 0.1) is 11.6 Å². The molecule has 3 heteroatoms. The number of hydrogen-bond acceptors (Lipinski definition) is 2. The zero-order valence-electron chi connectivity index (χ0n) is 16.1. The minimum Gasteiger partial charge on any atom is -0.355 e. The molecule has 1 aliphatic carbocycles. The van der Waals surface area contributed by atoms with Crippen LogP contribution in [-0.4, -0.2) is 13.0 Å².